The number of piperidine rings is 1. The maximum absolute atomic E-state index is 11.8. The Balaban J connectivity index is 1.44. The van der Waals surface area contributed by atoms with Crippen LogP contribution in [0.25, 0.3) is 0 Å². The molecule has 2 atom stereocenters. The molecule has 0 aromatic heterocycles. The van der Waals surface area contributed by atoms with Gasteiger partial charge >= 0.3 is 6.09 Å². The lowest BCUT2D eigenvalue weighted by Crippen LogP contribution is -2.45. The minimum atomic E-state index is -3.09. The molecule has 2 N–H and O–H groups in total. The van der Waals surface area contributed by atoms with E-state index in [9.17, 15) is 13.2 Å². The average molecular weight is 413 g/mol. The van der Waals surface area contributed by atoms with Gasteiger partial charge in [0.25, 0.3) is 0 Å². The van der Waals surface area contributed by atoms with E-state index in [-0.39, 0.29) is 24.3 Å². The summed E-state index contributed by atoms with van der Waals surface area (Å²) in [6, 6.07) is 0.334. The van der Waals surface area contributed by atoms with E-state index in [0.29, 0.717) is 25.6 Å². The Kier molecular flexibility index (Phi) is 6.65. The normalized spacial score (nSPS) is 26.9. The molecule has 3 rings (SSSR count). The minimum absolute atomic E-state index is 0.0259. The highest BCUT2D eigenvalue weighted by molar-refractivity contribution is 7.88. The number of rotatable bonds is 5. The maximum Gasteiger partial charge on any atom is 0.407 e. The standard InChI is InChI=1S/C19H32N4O4S/c1-13(2)21-19(24)27-17-5-4-14(10-17)15-11-18(20-12-15)22-16-6-8-23(9-7-16)28(3,25)26/h11,13-14,16-17H,4-10,12H2,1-3H3,(H,20,22)(H,21,24). The molecule has 158 valence electrons. The van der Waals surface area contributed by atoms with Crippen LogP contribution in [0, 0.1) is 5.92 Å². The van der Waals surface area contributed by atoms with Gasteiger partial charge in [0.15, 0.2) is 0 Å². The van der Waals surface area contributed by atoms with Crippen molar-refractivity contribution in [1.82, 2.24) is 14.9 Å². The second-order valence-electron chi connectivity index (χ2n) is 8.34. The Morgan fingerprint density at radius 1 is 1.25 bits per heavy atom. The molecule has 0 aromatic carbocycles. The smallest absolute Gasteiger partial charge is 0.407 e. The topological polar surface area (TPSA) is 100 Å². The third-order valence-corrected chi connectivity index (χ3v) is 6.92. The van der Waals surface area contributed by atoms with Crippen molar-refractivity contribution < 1.29 is 17.9 Å². The van der Waals surface area contributed by atoms with Crippen LogP contribution < -0.4 is 10.6 Å². The fourth-order valence-corrected chi connectivity index (χ4v) is 5.00. The number of hydrogen-bond acceptors (Lipinski definition) is 6. The minimum Gasteiger partial charge on any atom is -0.446 e. The first-order valence-electron chi connectivity index (χ1n) is 10.1. The van der Waals surface area contributed by atoms with Gasteiger partial charge in [-0.3, -0.25) is 4.99 Å². The van der Waals surface area contributed by atoms with E-state index in [1.54, 1.807) is 0 Å². The molecule has 0 radical (unpaired) electrons. The van der Waals surface area contributed by atoms with Crippen LogP contribution in [0.4, 0.5) is 4.79 Å². The number of nitrogens with zero attached hydrogens (tertiary/aromatic N) is 2. The van der Waals surface area contributed by atoms with E-state index in [4.69, 9.17) is 4.74 Å². The molecule has 2 aliphatic heterocycles. The molecule has 1 aliphatic carbocycles. The molecule has 3 aliphatic rings. The number of alkyl carbamates (subject to hydrolysis) is 1. The van der Waals surface area contributed by atoms with E-state index in [1.165, 1.54) is 16.1 Å². The van der Waals surface area contributed by atoms with Crippen molar-refractivity contribution in [3.8, 4) is 0 Å². The van der Waals surface area contributed by atoms with E-state index in [2.05, 4.69) is 21.7 Å². The summed E-state index contributed by atoms with van der Waals surface area (Å²) < 4.78 is 30.3. The van der Waals surface area contributed by atoms with Crippen molar-refractivity contribution in [3.05, 3.63) is 11.6 Å². The molecule has 0 aromatic rings. The molecule has 9 heteroatoms. The molecule has 2 unspecified atom stereocenters. The third kappa shape index (κ3) is 5.70. The first-order valence-corrected chi connectivity index (χ1v) is 12.0. The molecule has 2 heterocycles. The fourth-order valence-electron chi connectivity index (χ4n) is 4.12. The van der Waals surface area contributed by atoms with Crippen LogP contribution in [0.1, 0.15) is 46.0 Å². The van der Waals surface area contributed by atoms with Gasteiger partial charge in [0.1, 0.15) is 11.9 Å². The highest BCUT2D eigenvalue weighted by Crippen LogP contribution is 2.34. The van der Waals surface area contributed by atoms with Crippen molar-refractivity contribution in [2.24, 2.45) is 10.9 Å². The van der Waals surface area contributed by atoms with E-state index in [0.717, 1.165) is 37.9 Å². The monoisotopic (exact) mass is 412 g/mol. The van der Waals surface area contributed by atoms with Crippen LogP contribution in [0.15, 0.2) is 16.6 Å². The molecule has 0 spiro atoms. The zero-order valence-electron chi connectivity index (χ0n) is 17.0. The number of sulfonamides is 1. The van der Waals surface area contributed by atoms with Crippen molar-refractivity contribution in [1.29, 1.82) is 0 Å². The number of amidine groups is 1. The van der Waals surface area contributed by atoms with Gasteiger partial charge in [0.2, 0.25) is 10.0 Å². The van der Waals surface area contributed by atoms with Gasteiger partial charge in [-0.05, 0) is 63.5 Å². The first kappa shape index (κ1) is 21.1. The number of nitrogens with one attached hydrogen (secondary N) is 2. The maximum atomic E-state index is 11.8. The third-order valence-electron chi connectivity index (χ3n) is 5.62. The number of hydrogen-bond donors (Lipinski definition) is 2. The summed E-state index contributed by atoms with van der Waals surface area (Å²) in [6.07, 6.45) is 7.38. The highest BCUT2D eigenvalue weighted by atomic mass is 32.2. The van der Waals surface area contributed by atoms with Gasteiger partial charge in [-0.25, -0.2) is 17.5 Å². The van der Waals surface area contributed by atoms with E-state index in [1.807, 2.05) is 13.8 Å². The molecular weight excluding hydrogens is 380 g/mol. The van der Waals surface area contributed by atoms with Crippen LogP contribution >= 0.6 is 0 Å². The van der Waals surface area contributed by atoms with Gasteiger partial charge in [-0.15, -0.1) is 0 Å². The summed E-state index contributed by atoms with van der Waals surface area (Å²) in [6.45, 7) is 5.64. The largest absolute Gasteiger partial charge is 0.446 e. The zero-order chi connectivity index (χ0) is 20.3. The summed E-state index contributed by atoms with van der Waals surface area (Å²) in [5, 5.41) is 6.23. The second-order valence-corrected chi connectivity index (χ2v) is 10.3. The molecule has 0 bridgehead atoms. The van der Waals surface area contributed by atoms with Crippen LogP contribution in [-0.2, 0) is 14.8 Å². The Bertz CT molecular complexity index is 739. The number of carbonyl (C=O) groups is 1. The molecule has 2 fully saturated rings. The molecule has 1 saturated carbocycles. The molecular formula is C19H32N4O4S. The number of carbonyl (C=O) groups excluding carboxylic acids is 1. The van der Waals surface area contributed by atoms with Crippen LogP contribution in [0.5, 0.6) is 0 Å². The Morgan fingerprint density at radius 2 is 1.96 bits per heavy atom. The summed E-state index contributed by atoms with van der Waals surface area (Å²) in [4.78, 5) is 16.4. The number of aliphatic imine (C=N–C) groups is 1. The SMILES string of the molecule is CC(C)NC(=O)OC1CCC(C2=CC(NC3CCN(S(C)(=O)=O)CC3)=NC2)C1. The van der Waals surface area contributed by atoms with Crippen molar-refractivity contribution >= 4 is 22.0 Å². The van der Waals surface area contributed by atoms with Gasteiger partial charge in [0, 0.05) is 25.2 Å². The highest BCUT2D eigenvalue weighted by Gasteiger charge is 2.32. The average Bonchev–Trinajstić information content (AvgIpc) is 3.23. The Morgan fingerprint density at radius 3 is 2.61 bits per heavy atom. The number of ether oxygens (including phenoxy) is 1. The van der Waals surface area contributed by atoms with Gasteiger partial charge in [-0.2, -0.15) is 0 Å². The first-order chi connectivity index (χ1) is 13.2. The molecule has 1 saturated heterocycles. The quantitative estimate of drug-likeness (QED) is 0.715. The molecule has 1 amide bonds. The molecule has 8 nitrogen and oxygen atoms in total. The van der Waals surface area contributed by atoms with Gasteiger partial charge in [-0.1, -0.05) is 0 Å². The Labute approximate surface area is 167 Å². The van der Waals surface area contributed by atoms with Crippen LogP contribution in [-0.4, -0.2) is 68.7 Å². The van der Waals surface area contributed by atoms with Crippen LogP contribution in [0.3, 0.4) is 0 Å². The molecule has 28 heavy (non-hydrogen) atoms. The van der Waals surface area contributed by atoms with Crippen molar-refractivity contribution in [3.63, 3.8) is 0 Å². The fraction of sp³-hybridized carbons (Fsp3) is 0.789. The lowest BCUT2D eigenvalue weighted by Gasteiger charge is -2.30. The van der Waals surface area contributed by atoms with E-state index >= 15 is 0 Å². The van der Waals surface area contributed by atoms with Crippen LogP contribution in [0.2, 0.25) is 0 Å². The lowest BCUT2D eigenvalue weighted by molar-refractivity contribution is 0.0975. The zero-order valence-corrected chi connectivity index (χ0v) is 17.8. The summed E-state index contributed by atoms with van der Waals surface area (Å²) >= 11 is 0. The summed E-state index contributed by atoms with van der Waals surface area (Å²) in [5.41, 5.74) is 1.30. The number of amides is 1. The van der Waals surface area contributed by atoms with E-state index < -0.39 is 10.0 Å². The van der Waals surface area contributed by atoms with Crippen molar-refractivity contribution in [2.45, 2.75) is 64.1 Å². The predicted molar refractivity (Wildman–Crippen MR) is 109 cm³/mol. The summed E-state index contributed by atoms with van der Waals surface area (Å²) in [5.74, 6) is 1.31. The summed E-state index contributed by atoms with van der Waals surface area (Å²) in [7, 11) is -3.09. The Hall–Kier alpha value is -1.61. The van der Waals surface area contributed by atoms with Gasteiger partial charge < -0.3 is 15.4 Å². The lowest BCUT2D eigenvalue weighted by atomic mass is 9.98. The van der Waals surface area contributed by atoms with Crippen molar-refractivity contribution in [2.75, 3.05) is 25.9 Å². The predicted octanol–water partition coefficient (Wildman–Crippen LogP) is 1.64. The second kappa shape index (κ2) is 8.82. The van der Waals surface area contributed by atoms with Gasteiger partial charge in [0.05, 0.1) is 12.8 Å².